The Balaban J connectivity index is 1.33. The summed E-state index contributed by atoms with van der Waals surface area (Å²) in [5.74, 6) is 0. The maximum atomic E-state index is 6.24. The van der Waals surface area contributed by atoms with Crippen molar-refractivity contribution in [1.82, 2.24) is 19.6 Å². The van der Waals surface area contributed by atoms with E-state index in [9.17, 15) is 0 Å². The van der Waals surface area contributed by atoms with Gasteiger partial charge in [0.1, 0.15) is 0 Å². The van der Waals surface area contributed by atoms with Gasteiger partial charge in [-0.05, 0) is 41.5 Å². The third kappa shape index (κ3) is 5.77. The lowest BCUT2D eigenvalue weighted by atomic mass is 10.2. The predicted octanol–water partition coefficient (Wildman–Crippen LogP) is 5.95. The molecule has 0 saturated carbocycles. The van der Waals surface area contributed by atoms with Crippen LogP contribution in [0.2, 0.25) is 15.1 Å². The molecule has 2 heterocycles. The van der Waals surface area contributed by atoms with E-state index >= 15 is 0 Å². The number of halogens is 3. The molecule has 2 aromatic carbocycles. The van der Waals surface area contributed by atoms with Gasteiger partial charge in [0, 0.05) is 27.5 Å². The lowest BCUT2D eigenvalue weighted by Crippen LogP contribution is -2.18. The molecule has 2 aromatic heterocycles. The second-order valence-electron chi connectivity index (χ2n) is 6.76. The molecule has 4 aromatic rings. The molecule has 0 radical (unpaired) electrons. The monoisotopic (exact) mass is 490 g/mol. The summed E-state index contributed by atoms with van der Waals surface area (Å²) in [7, 11) is 0. The Morgan fingerprint density at radius 1 is 0.806 bits per heavy atom. The molecule has 0 fully saturated rings. The minimum Gasteiger partial charge on any atom is -0.330 e. The molecule has 4 rings (SSSR count). The van der Waals surface area contributed by atoms with E-state index in [4.69, 9.17) is 47.0 Å². The van der Waals surface area contributed by atoms with Gasteiger partial charge < -0.3 is 10.6 Å². The third-order valence-electron chi connectivity index (χ3n) is 4.42. The lowest BCUT2D eigenvalue weighted by molar-refractivity contribution is 0.687. The summed E-state index contributed by atoms with van der Waals surface area (Å²) in [6.07, 6.45) is 7.11. The van der Waals surface area contributed by atoms with Crippen LogP contribution in [0.5, 0.6) is 0 Å². The van der Waals surface area contributed by atoms with Crippen molar-refractivity contribution in [2.45, 2.75) is 13.1 Å². The maximum Gasteiger partial charge on any atom is 0.175 e. The number of hydrogen-bond donors (Lipinski definition) is 2. The molecule has 31 heavy (non-hydrogen) atoms. The van der Waals surface area contributed by atoms with Gasteiger partial charge in [0.05, 0.1) is 36.9 Å². The Morgan fingerprint density at radius 2 is 1.39 bits per heavy atom. The average Bonchev–Trinajstić information content (AvgIpc) is 3.35. The minimum absolute atomic E-state index is 0.432. The van der Waals surface area contributed by atoms with Gasteiger partial charge in [-0.2, -0.15) is 10.2 Å². The van der Waals surface area contributed by atoms with Crippen molar-refractivity contribution in [2.24, 2.45) is 0 Å². The first-order valence-corrected chi connectivity index (χ1v) is 10.8. The van der Waals surface area contributed by atoms with Crippen molar-refractivity contribution in [3.05, 3.63) is 93.4 Å². The highest BCUT2D eigenvalue weighted by molar-refractivity contribution is 7.80. The number of hydrogen-bond acceptors (Lipinski definition) is 3. The number of aromatic nitrogens is 4. The Kier molecular flexibility index (Phi) is 6.77. The van der Waals surface area contributed by atoms with Gasteiger partial charge in [-0.15, -0.1) is 0 Å². The van der Waals surface area contributed by atoms with Crippen LogP contribution in [-0.4, -0.2) is 24.7 Å². The van der Waals surface area contributed by atoms with Crippen LogP contribution >= 0.6 is 47.0 Å². The lowest BCUT2D eigenvalue weighted by Gasteiger charge is -2.07. The predicted molar refractivity (Wildman–Crippen MR) is 130 cm³/mol. The fourth-order valence-electron chi connectivity index (χ4n) is 2.95. The summed E-state index contributed by atoms with van der Waals surface area (Å²) >= 11 is 23.8. The molecule has 158 valence electrons. The van der Waals surface area contributed by atoms with Crippen LogP contribution in [0.3, 0.4) is 0 Å². The summed E-state index contributed by atoms with van der Waals surface area (Å²) < 4.78 is 3.56. The fraction of sp³-hybridized carbons (Fsp3) is 0.0952. The van der Waals surface area contributed by atoms with Crippen molar-refractivity contribution < 1.29 is 0 Å². The highest BCUT2D eigenvalue weighted by Gasteiger charge is 2.07. The topological polar surface area (TPSA) is 59.7 Å². The molecule has 0 unspecified atom stereocenters. The maximum absolute atomic E-state index is 6.24. The molecule has 0 bridgehead atoms. The van der Waals surface area contributed by atoms with E-state index in [1.165, 1.54) is 0 Å². The first kappa shape index (κ1) is 21.6. The summed E-state index contributed by atoms with van der Waals surface area (Å²) in [6.45, 7) is 1.09. The second-order valence-corrected chi connectivity index (χ2v) is 8.42. The molecule has 2 N–H and O–H groups in total. The van der Waals surface area contributed by atoms with Crippen LogP contribution in [-0.2, 0) is 13.1 Å². The molecule has 10 heteroatoms. The average molecular weight is 492 g/mol. The number of anilines is 2. The summed E-state index contributed by atoms with van der Waals surface area (Å²) in [5, 5.41) is 17.3. The highest BCUT2D eigenvalue weighted by atomic mass is 35.5. The normalized spacial score (nSPS) is 10.8. The highest BCUT2D eigenvalue weighted by Crippen LogP contribution is 2.22. The summed E-state index contributed by atoms with van der Waals surface area (Å²) in [5.41, 5.74) is 3.44. The van der Waals surface area contributed by atoms with Crippen LogP contribution in [0.25, 0.3) is 0 Å². The van der Waals surface area contributed by atoms with Crippen molar-refractivity contribution in [3.63, 3.8) is 0 Å². The van der Waals surface area contributed by atoms with Crippen LogP contribution in [0.1, 0.15) is 11.1 Å². The van der Waals surface area contributed by atoms with E-state index in [1.54, 1.807) is 33.9 Å². The fourth-order valence-corrected chi connectivity index (χ4v) is 3.85. The number of thiocarbonyl (C=S) groups is 1. The molecule has 0 spiro atoms. The molecule has 0 amide bonds. The zero-order valence-corrected chi connectivity index (χ0v) is 19.2. The number of benzene rings is 2. The van der Waals surface area contributed by atoms with Crippen LogP contribution < -0.4 is 10.6 Å². The van der Waals surface area contributed by atoms with Crippen LogP contribution in [0.4, 0.5) is 11.4 Å². The Bertz CT molecular complexity index is 1220. The van der Waals surface area contributed by atoms with Gasteiger partial charge in [0.15, 0.2) is 5.11 Å². The standard InChI is InChI=1S/C21H17Cl3N6S/c22-16-6-5-15(20(24)7-16)11-30-13-18(9-26-30)28-21(31)27-17-8-25-29(12-17)10-14-3-1-2-4-19(14)23/h1-9,12-13H,10-11H2,(H2,27,28,31). The van der Waals surface area contributed by atoms with E-state index in [-0.39, 0.29) is 0 Å². The Hall–Kier alpha value is -2.58. The number of nitrogens with one attached hydrogen (secondary N) is 2. The SMILES string of the molecule is S=C(Nc1cnn(Cc2ccccc2Cl)c1)Nc1cnn(Cc2ccc(Cl)cc2Cl)c1. The molecule has 0 atom stereocenters. The third-order valence-corrected chi connectivity index (χ3v) is 5.58. The van der Waals surface area contributed by atoms with Gasteiger partial charge in [0.2, 0.25) is 0 Å². The Labute approximate surface area is 199 Å². The molecule has 0 aliphatic carbocycles. The van der Waals surface area contributed by atoms with E-state index < -0.39 is 0 Å². The van der Waals surface area contributed by atoms with E-state index in [1.807, 2.05) is 42.7 Å². The van der Waals surface area contributed by atoms with Crippen LogP contribution in [0.15, 0.2) is 67.3 Å². The summed E-state index contributed by atoms with van der Waals surface area (Å²) in [4.78, 5) is 0. The van der Waals surface area contributed by atoms with Crippen molar-refractivity contribution >= 4 is 63.5 Å². The molecule has 0 aliphatic rings. The van der Waals surface area contributed by atoms with E-state index in [2.05, 4.69) is 20.8 Å². The second kappa shape index (κ2) is 9.70. The zero-order chi connectivity index (χ0) is 21.8. The largest absolute Gasteiger partial charge is 0.330 e. The van der Waals surface area contributed by atoms with E-state index in [0.29, 0.717) is 33.3 Å². The van der Waals surface area contributed by atoms with Gasteiger partial charge in [-0.25, -0.2) is 0 Å². The molecular weight excluding hydrogens is 475 g/mol. The van der Waals surface area contributed by atoms with Gasteiger partial charge >= 0.3 is 0 Å². The molecule has 0 saturated heterocycles. The van der Waals surface area contributed by atoms with Crippen LogP contribution in [0, 0.1) is 0 Å². The molecule has 0 aliphatic heterocycles. The number of nitrogens with zero attached hydrogens (tertiary/aromatic N) is 4. The minimum atomic E-state index is 0.432. The number of rotatable bonds is 6. The Morgan fingerprint density at radius 3 is 1.97 bits per heavy atom. The molecular formula is C21H17Cl3N6S. The van der Waals surface area contributed by atoms with Gasteiger partial charge in [-0.1, -0.05) is 59.1 Å². The van der Waals surface area contributed by atoms with Gasteiger partial charge in [-0.3, -0.25) is 9.36 Å². The van der Waals surface area contributed by atoms with Crippen molar-refractivity contribution in [1.29, 1.82) is 0 Å². The first-order chi connectivity index (χ1) is 15.0. The zero-order valence-electron chi connectivity index (χ0n) is 16.1. The van der Waals surface area contributed by atoms with Gasteiger partial charge in [0.25, 0.3) is 0 Å². The first-order valence-electron chi connectivity index (χ1n) is 9.26. The van der Waals surface area contributed by atoms with Crippen molar-refractivity contribution in [3.8, 4) is 0 Å². The van der Waals surface area contributed by atoms with Crippen molar-refractivity contribution in [2.75, 3.05) is 10.6 Å². The quantitative estimate of drug-likeness (QED) is 0.327. The molecule has 6 nitrogen and oxygen atoms in total. The van der Waals surface area contributed by atoms with E-state index in [0.717, 1.165) is 22.5 Å². The smallest absolute Gasteiger partial charge is 0.175 e. The summed E-state index contributed by atoms with van der Waals surface area (Å²) in [6, 6.07) is 13.1.